The van der Waals surface area contributed by atoms with Gasteiger partial charge in [-0.15, -0.1) is 0 Å². The molecule has 1 aliphatic heterocycles. The molecule has 1 aliphatic rings. The average molecular weight is 291 g/mol. The normalized spacial score (nSPS) is 22.2. The van der Waals surface area contributed by atoms with E-state index in [-0.39, 0.29) is 10.8 Å². The number of hydrogen-bond donors (Lipinski definition) is 2. The summed E-state index contributed by atoms with van der Waals surface area (Å²) in [5.41, 5.74) is 2.02. The van der Waals surface area contributed by atoms with Gasteiger partial charge in [0.15, 0.2) is 0 Å². The van der Waals surface area contributed by atoms with Gasteiger partial charge in [-0.3, -0.25) is 16.3 Å². The average Bonchev–Trinajstić information content (AvgIpc) is 2.40. The van der Waals surface area contributed by atoms with E-state index >= 15 is 0 Å². The molecule has 106 valence electrons. The number of nitrogens with two attached hydrogens (primary N) is 1. The zero-order valence-electron chi connectivity index (χ0n) is 10.3. The number of pyridine rings is 1. The Hall–Kier alpha value is -0.790. The van der Waals surface area contributed by atoms with Crippen molar-refractivity contribution in [2.24, 2.45) is 5.84 Å². The lowest BCUT2D eigenvalue weighted by molar-refractivity contribution is -0.138. The summed E-state index contributed by atoms with van der Waals surface area (Å²) in [6.45, 7) is 0. The predicted octanol–water partition coefficient (Wildman–Crippen LogP) is 2.89. The molecule has 0 radical (unpaired) electrons. The second-order valence-electron chi connectivity index (χ2n) is 4.51. The van der Waals surface area contributed by atoms with Crippen molar-refractivity contribution in [2.45, 2.75) is 36.7 Å². The van der Waals surface area contributed by atoms with E-state index in [4.69, 9.17) is 5.84 Å². The molecule has 1 aromatic rings. The molecule has 0 aromatic carbocycles. The minimum absolute atomic E-state index is 0.0593. The van der Waals surface area contributed by atoms with Gasteiger partial charge in [0.25, 0.3) is 0 Å². The van der Waals surface area contributed by atoms with Crippen LogP contribution in [0.1, 0.15) is 36.4 Å². The number of hydrogen-bond acceptors (Lipinski definition) is 4. The molecule has 1 aromatic heterocycles. The van der Waals surface area contributed by atoms with Crippen molar-refractivity contribution in [2.75, 3.05) is 5.75 Å². The molecule has 7 heteroatoms. The standard InChI is InChI=1S/C12H16F3N3S/c13-12(14,15)9-4-5-17-7-8(9)11(18-16)10-3-1-2-6-19-10/h4-5,7,10-11,18H,1-3,6,16H2. The molecule has 1 fully saturated rings. The summed E-state index contributed by atoms with van der Waals surface area (Å²) in [4.78, 5) is 3.82. The molecule has 2 heterocycles. The van der Waals surface area contributed by atoms with Crippen molar-refractivity contribution in [1.82, 2.24) is 10.4 Å². The van der Waals surface area contributed by atoms with Crippen LogP contribution in [0, 0.1) is 0 Å². The summed E-state index contributed by atoms with van der Waals surface area (Å²) in [5, 5.41) is 0.0593. The number of rotatable bonds is 3. The zero-order chi connectivity index (χ0) is 13.9. The zero-order valence-corrected chi connectivity index (χ0v) is 11.1. The molecule has 0 saturated carbocycles. The molecule has 3 nitrogen and oxygen atoms in total. The Morgan fingerprint density at radius 3 is 2.79 bits per heavy atom. The SMILES string of the molecule is NNC(c1cnccc1C(F)(F)F)C1CCCCS1. The van der Waals surface area contributed by atoms with E-state index in [1.54, 1.807) is 11.8 Å². The van der Waals surface area contributed by atoms with E-state index in [0.717, 1.165) is 37.3 Å². The third kappa shape index (κ3) is 3.40. The lowest BCUT2D eigenvalue weighted by Gasteiger charge is -2.30. The van der Waals surface area contributed by atoms with Gasteiger partial charge >= 0.3 is 6.18 Å². The highest BCUT2D eigenvalue weighted by molar-refractivity contribution is 8.00. The summed E-state index contributed by atoms with van der Waals surface area (Å²) in [6.07, 6.45) is 1.05. The van der Waals surface area contributed by atoms with E-state index in [1.165, 1.54) is 6.20 Å². The first kappa shape index (κ1) is 14.6. The van der Waals surface area contributed by atoms with Gasteiger partial charge in [-0.05, 0) is 24.7 Å². The van der Waals surface area contributed by atoms with Gasteiger partial charge < -0.3 is 0 Å². The molecule has 2 unspecified atom stereocenters. The lowest BCUT2D eigenvalue weighted by atomic mass is 9.97. The minimum atomic E-state index is -4.38. The number of hydrazine groups is 1. The number of halogens is 3. The lowest BCUT2D eigenvalue weighted by Crippen LogP contribution is -2.37. The second kappa shape index (κ2) is 6.11. The van der Waals surface area contributed by atoms with Crippen molar-refractivity contribution in [1.29, 1.82) is 0 Å². The fourth-order valence-electron chi connectivity index (χ4n) is 2.34. The Kier molecular flexibility index (Phi) is 4.70. The topological polar surface area (TPSA) is 50.9 Å². The van der Waals surface area contributed by atoms with Crippen LogP contribution >= 0.6 is 11.8 Å². The van der Waals surface area contributed by atoms with E-state index < -0.39 is 17.8 Å². The Bertz CT molecular complexity index is 419. The molecule has 1 saturated heterocycles. The van der Waals surface area contributed by atoms with Crippen LogP contribution in [0.2, 0.25) is 0 Å². The molecular weight excluding hydrogens is 275 g/mol. The third-order valence-electron chi connectivity index (χ3n) is 3.26. The van der Waals surface area contributed by atoms with Crippen LogP contribution in [-0.2, 0) is 6.18 Å². The maximum Gasteiger partial charge on any atom is 0.416 e. The highest BCUT2D eigenvalue weighted by atomic mass is 32.2. The molecule has 2 rings (SSSR count). The van der Waals surface area contributed by atoms with Gasteiger partial charge in [-0.2, -0.15) is 24.9 Å². The van der Waals surface area contributed by atoms with Crippen molar-refractivity contribution in [3.63, 3.8) is 0 Å². The molecular formula is C12H16F3N3S. The molecule has 0 spiro atoms. The highest BCUT2D eigenvalue weighted by Crippen LogP contribution is 2.39. The molecule has 3 N–H and O–H groups in total. The van der Waals surface area contributed by atoms with Crippen LogP contribution in [0.4, 0.5) is 13.2 Å². The van der Waals surface area contributed by atoms with Gasteiger partial charge in [0.2, 0.25) is 0 Å². The third-order valence-corrected chi connectivity index (χ3v) is 4.72. The highest BCUT2D eigenvalue weighted by Gasteiger charge is 2.37. The van der Waals surface area contributed by atoms with Gasteiger partial charge in [-0.25, -0.2) is 0 Å². The molecule has 0 amide bonds. The maximum absolute atomic E-state index is 13.0. The predicted molar refractivity (Wildman–Crippen MR) is 69.4 cm³/mol. The first-order chi connectivity index (χ1) is 9.04. The number of thioether (sulfide) groups is 1. The van der Waals surface area contributed by atoms with Crippen molar-refractivity contribution >= 4 is 11.8 Å². The van der Waals surface area contributed by atoms with Gasteiger partial charge in [0.05, 0.1) is 11.6 Å². The molecule has 0 bridgehead atoms. The van der Waals surface area contributed by atoms with E-state index in [2.05, 4.69) is 10.4 Å². The Labute approximate surface area is 114 Å². The summed E-state index contributed by atoms with van der Waals surface area (Å²) in [6, 6.07) is 0.489. The largest absolute Gasteiger partial charge is 0.416 e. The van der Waals surface area contributed by atoms with E-state index in [1.807, 2.05) is 0 Å². The van der Waals surface area contributed by atoms with Crippen molar-refractivity contribution < 1.29 is 13.2 Å². The van der Waals surface area contributed by atoms with Gasteiger partial charge in [-0.1, -0.05) is 6.42 Å². The molecule has 2 atom stereocenters. The Morgan fingerprint density at radius 1 is 1.42 bits per heavy atom. The second-order valence-corrected chi connectivity index (χ2v) is 5.86. The first-order valence-electron chi connectivity index (χ1n) is 6.13. The summed E-state index contributed by atoms with van der Waals surface area (Å²) in [7, 11) is 0. The summed E-state index contributed by atoms with van der Waals surface area (Å²) >= 11 is 1.67. The van der Waals surface area contributed by atoms with Gasteiger partial charge in [0.1, 0.15) is 0 Å². The van der Waals surface area contributed by atoms with E-state index in [0.29, 0.717) is 0 Å². The fraction of sp³-hybridized carbons (Fsp3) is 0.583. The van der Waals surface area contributed by atoms with Crippen LogP contribution in [0.3, 0.4) is 0 Å². The van der Waals surface area contributed by atoms with Crippen molar-refractivity contribution in [3.05, 3.63) is 29.6 Å². The fourth-order valence-corrected chi connectivity index (χ4v) is 3.76. The Morgan fingerprint density at radius 2 is 2.21 bits per heavy atom. The summed E-state index contributed by atoms with van der Waals surface area (Å²) in [5.74, 6) is 6.45. The van der Waals surface area contributed by atoms with Crippen molar-refractivity contribution in [3.8, 4) is 0 Å². The van der Waals surface area contributed by atoms with Crippen LogP contribution in [0.25, 0.3) is 0 Å². The molecule has 0 aliphatic carbocycles. The smallest absolute Gasteiger partial charge is 0.271 e. The monoisotopic (exact) mass is 291 g/mol. The first-order valence-corrected chi connectivity index (χ1v) is 7.17. The summed E-state index contributed by atoms with van der Waals surface area (Å²) < 4.78 is 39.0. The minimum Gasteiger partial charge on any atom is -0.271 e. The molecule has 19 heavy (non-hydrogen) atoms. The number of alkyl halides is 3. The van der Waals surface area contributed by atoms with Crippen LogP contribution < -0.4 is 11.3 Å². The van der Waals surface area contributed by atoms with Crippen LogP contribution in [-0.4, -0.2) is 16.0 Å². The maximum atomic E-state index is 13.0. The quantitative estimate of drug-likeness (QED) is 0.664. The van der Waals surface area contributed by atoms with Gasteiger partial charge in [0, 0.05) is 23.2 Å². The van der Waals surface area contributed by atoms with E-state index in [9.17, 15) is 13.2 Å². The number of nitrogens with one attached hydrogen (secondary N) is 1. The Balaban J connectivity index is 2.32. The van der Waals surface area contributed by atoms with Crippen LogP contribution in [0.5, 0.6) is 0 Å². The number of nitrogens with zero attached hydrogens (tertiary/aromatic N) is 1. The van der Waals surface area contributed by atoms with Crippen LogP contribution in [0.15, 0.2) is 18.5 Å². The number of aromatic nitrogens is 1.